The number of benzene rings is 2. The lowest BCUT2D eigenvalue weighted by atomic mass is 9.93. The van der Waals surface area contributed by atoms with Gasteiger partial charge in [-0.3, -0.25) is 9.59 Å². The summed E-state index contributed by atoms with van der Waals surface area (Å²) in [6.45, 7) is 7.26. The van der Waals surface area contributed by atoms with Crippen LogP contribution in [0, 0.1) is 5.92 Å². The van der Waals surface area contributed by atoms with Crippen molar-refractivity contribution >= 4 is 34.8 Å². The van der Waals surface area contributed by atoms with Gasteiger partial charge in [-0.25, -0.2) is 9.79 Å². The van der Waals surface area contributed by atoms with Crippen LogP contribution in [-0.4, -0.2) is 59.1 Å². The summed E-state index contributed by atoms with van der Waals surface area (Å²) in [4.78, 5) is 47.8. The van der Waals surface area contributed by atoms with Gasteiger partial charge in [0.15, 0.2) is 5.17 Å². The van der Waals surface area contributed by atoms with Crippen LogP contribution in [0.15, 0.2) is 82.0 Å². The van der Waals surface area contributed by atoms with E-state index in [-0.39, 0.29) is 30.8 Å². The van der Waals surface area contributed by atoms with Crippen LogP contribution in [-0.2, 0) is 30.5 Å². The van der Waals surface area contributed by atoms with Crippen LogP contribution < -0.4 is 4.74 Å². The van der Waals surface area contributed by atoms with Gasteiger partial charge in [0.2, 0.25) is 5.91 Å². The standard InChI is InChI=1S/C33H37N3O6S/c1-4-40-31(38)25-14-10-16-35(19-25)28(37)18-26-21-43-33-34-22(3)29(32(39)41-5-2)30(36(26)33)24-13-9-15-27(17-24)42-20-23-11-7-6-8-12-23/h6-9,11-13,15,17,21,25,30H,4-5,10,14,16,18-20H2,1-3H3/t25-,30+/m1/s1. The Morgan fingerprint density at radius 3 is 2.58 bits per heavy atom. The van der Waals surface area contributed by atoms with E-state index in [1.54, 1.807) is 18.7 Å². The van der Waals surface area contributed by atoms with E-state index in [9.17, 15) is 14.4 Å². The molecule has 0 saturated carbocycles. The number of esters is 2. The molecule has 0 unspecified atom stereocenters. The lowest BCUT2D eigenvalue weighted by molar-refractivity contribution is -0.151. The molecule has 2 aromatic carbocycles. The van der Waals surface area contributed by atoms with E-state index in [1.165, 1.54) is 11.8 Å². The largest absolute Gasteiger partial charge is 0.489 e. The van der Waals surface area contributed by atoms with Crippen molar-refractivity contribution in [2.45, 2.75) is 52.7 Å². The summed E-state index contributed by atoms with van der Waals surface area (Å²) in [5.74, 6) is -0.429. The normalized spacial score (nSPS) is 19.8. The third kappa shape index (κ3) is 6.96. The summed E-state index contributed by atoms with van der Waals surface area (Å²) in [6, 6.07) is 17.0. The topological polar surface area (TPSA) is 97.7 Å². The number of piperidine rings is 1. The molecule has 43 heavy (non-hydrogen) atoms. The number of hydrogen-bond acceptors (Lipinski definition) is 9. The van der Waals surface area contributed by atoms with E-state index >= 15 is 0 Å². The number of carbonyl (C=O) groups excluding carboxylic acids is 3. The highest BCUT2D eigenvalue weighted by molar-refractivity contribution is 8.16. The summed E-state index contributed by atoms with van der Waals surface area (Å²) in [6.07, 6.45) is 1.56. The molecular formula is C33H37N3O6S. The predicted octanol–water partition coefficient (Wildman–Crippen LogP) is 5.60. The number of amidine groups is 1. The van der Waals surface area contributed by atoms with E-state index in [1.807, 2.05) is 71.8 Å². The number of likely N-dealkylation sites (tertiary alicyclic amines) is 1. The Bertz CT molecular complexity index is 1450. The lowest BCUT2D eigenvalue weighted by Crippen LogP contribution is -2.44. The predicted molar refractivity (Wildman–Crippen MR) is 165 cm³/mol. The van der Waals surface area contributed by atoms with Gasteiger partial charge in [-0.15, -0.1) is 0 Å². The number of carbonyl (C=O) groups is 3. The highest BCUT2D eigenvalue weighted by atomic mass is 32.2. The molecule has 3 aliphatic rings. The van der Waals surface area contributed by atoms with Crippen LogP contribution in [0.5, 0.6) is 5.75 Å². The maximum atomic E-state index is 13.6. The zero-order valence-electron chi connectivity index (χ0n) is 24.8. The van der Waals surface area contributed by atoms with Crippen molar-refractivity contribution in [3.05, 3.63) is 88.1 Å². The molecule has 0 aliphatic carbocycles. The van der Waals surface area contributed by atoms with E-state index in [2.05, 4.69) is 0 Å². The minimum atomic E-state index is -0.561. The van der Waals surface area contributed by atoms with Gasteiger partial charge in [0.05, 0.1) is 42.9 Å². The number of amides is 1. The second-order valence-electron chi connectivity index (χ2n) is 10.6. The highest BCUT2D eigenvalue weighted by Gasteiger charge is 2.42. The second kappa shape index (κ2) is 13.9. The van der Waals surface area contributed by atoms with Gasteiger partial charge in [-0.1, -0.05) is 54.2 Å². The number of aliphatic imine (C=N–C) groups is 1. The van der Waals surface area contributed by atoms with Crippen LogP contribution in [0.2, 0.25) is 0 Å². The number of thioether (sulfide) groups is 1. The van der Waals surface area contributed by atoms with Crippen molar-refractivity contribution in [3.8, 4) is 5.75 Å². The fourth-order valence-electron chi connectivity index (χ4n) is 5.59. The Hall–Kier alpha value is -4.05. The molecule has 2 atom stereocenters. The SMILES string of the molecule is CCOC(=O)C1=C(C)N=C2SC=C(CC(=O)N3CCC[C@@H](C(=O)OCC)C3)N2[C@H]1c1cccc(OCc2ccccc2)c1. The molecule has 1 amide bonds. The van der Waals surface area contributed by atoms with E-state index in [4.69, 9.17) is 19.2 Å². The molecule has 0 bridgehead atoms. The zero-order valence-corrected chi connectivity index (χ0v) is 25.6. The second-order valence-corrected chi connectivity index (χ2v) is 11.4. The number of hydrogen-bond donors (Lipinski definition) is 0. The molecule has 0 radical (unpaired) electrons. The summed E-state index contributed by atoms with van der Waals surface area (Å²) < 4.78 is 16.8. The fourth-order valence-corrected chi connectivity index (χ4v) is 6.56. The first-order valence-corrected chi connectivity index (χ1v) is 15.6. The zero-order chi connectivity index (χ0) is 30.3. The molecule has 1 saturated heterocycles. The van der Waals surface area contributed by atoms with E-state index in [0.717, 1.165) is 23.2 Å². The molecule has 0 aromatic heterocycles. The molecule has 10 heteroatoms. The van der Waals surface area contributed by atoms with Crippen molar-refractivity contribution in [2.75, 3.05) is 26.3 Å². The van der Waals surface area contributed by atoms with Crippen molar-refractivity contribution in [1.29, 1.82) is 0 Å². The minimum absolute atomic E-state index is 0.0789. The molecule has 0 spiro atoms. The smallest absolute Gasteiger partial charge is 0.338 e. The van der Waals surface area contributed by atoms with Crippen LogP contribution >= 0.6 is 11.8 Å². The lowest BCUT2D eigenvalue weighted by Gasteiger charge is -2.37. The summed E-state index contributed by atoms with van der Waals surface area (Å²) >= 11 is 1.43. The Morgan fingerprint density at radius 2 is 1.81 bits per heavy atom. The van der Waals surface area contributed by atoms with Crippen LogP contribution in [0.1, 0.15) is 57.2 Å². The summed E-state index contributed by atoms with van der Waals surface area (Å²) in [5.41, 5.74) is 3.60. The van der Waals surface area contributed by atoms with Crippen molar-refractivity contribution in [3.63, 3.8) is 0 Å². The highest BCUT2D eigenvalue weighted by Crippen LogP contribution is 2.45. The van der Waals surface area contributed by atoms with Crippen molar-refractivity contribution in [2.24, 2.45) is 10.9 Å². The Labute approximate surface area is 256 Å². The fraction of sp³-hybridized carbons (Fsp3) is 0.394. The average Bonchev–Trinajstić information content (AvgIpc) is 3.41. The van der Waals surface area contributed by atoms with Gasteiger partial charge in [-0.05, 0) is 62.3 Å². The molecule has 226 valence electrons. The van der Waals surface area contributed by atoms with E-state index < -0.39 is 12.0 Å². The number of allylic oxidation sites excluding steroid dienone is 1. The monoisotopic (exact) mass is 603 g/mol. The van der Waals surface area contributed by atoms with Crippen LogP contribution in [0.3, 0.4) is 0 Å². The first-order chi connectivity index (χ1) is 20.9. The van der Waals surface area contributed by atoms with Gasteiger partial charge in [0, 0.05) is 18.8 Å². The molecule has 5 rings (SSSR count). The van der Waals surface area contributed by atoms with Crippen molar-refractivity contribution in [1.82, 2.24) is 9.80 Å². The first kappa shape index (κ1) is 30.4. The molecule has 0 N–H and O–H groups in total. The van der Waals surface area contributed by atoms with Gasteiger partial charge in [0.25, 0.3) is 0 Å². The third-order valence-corrected chi connectivity index (χ3v) is 8.53. The quantitative estimate of drug-likeness (QED) is 0.324. The maximum absolute atomic E-state index is 13.6. The molecule has 3 aliphatic heterocycles. The van der Waals surface area contributed by atoms with Crippen LogP contribution in [0.25, 0.3) is 0 Å². The Kier molecular flexibility index (Phi) is 9.86. The molecule has 3 heterocycles. The minimum Gasteiger partial charge on any atom is -0.489 e. The molecule has 9 nitrogen and oxygen atoms in total. The number of ether oxygens (including phenoxy) is 3. The summed E-state index contributed by atoms with van der Waals surface area (Å²) in [7, 11) is 0. The van der Waals surface area contributed by atoms with Gasteiger partial charge in [-0.2, -0.15) is 0 Å². The molecular weight excluding hydrogens is 566 g/mol. The number of nitrogens with zero attached hydrogens (tertiary/aromatic N) is 3. The number of fused-ring (bicyclic) bond motifs is 1. The number of rotatable bonds is 10. The van der Waals surface area contributed by atoms with E-state index in [0.29, 0.717) is 54.9 Å². The average molecular weight is 604 g/mol. The molecule has 1 fully saturated rings. The third-order valence-electron chi connectivity index (χ3n) is 7.64. The van der Waals surface area contributed by atoms with Crippen LogP contribution in [0.4, 0.5) is 0 Å². The van der Waals surface area contributed by atoms with Gasteiger partial charge in [0.1, 0.15) is 12.4 Å². The molecule has 2 aromatic rings. The van der Waals surface area contributed by atoms with Gasteiger partial charge < -0.3 is 24.0 Å². The summed E-state index contributed by atoms with van der Waals surface area (Å²) in [5, 5.41) is 2.62. The first-order valence-electron chi connectivity index (χ1n) is 14.7. The Balaban J connectivity index is 1.41. The van der Waals surface area contributed by atoms with Crippen molar-refractivity contribution < 1.29 is 28.6 Å². The Morgan fingerprint density at radius 1 is 1.02 bits per heavy atom. The maximum Gasteiger partial charge on any atom is 0.338 e. The van der Waals surface area contributed by atoms with Gasteiger partial charge >= 0.3 is 11.9 Å².